The molecule has 4 amide bonds. The van der Waals surface area contributed by atoms with Crippen molar-refractivity contribution in [2.24, 2.45) is 10.9 Å². The number of benzene rings is 1. The Morgan fingerprint density at radius 1 is 1.27 bits per heavy atom. The minimum atomic E-state index is -1.14. The number of barbiturate groups is 1. The Morgan fingerprint density at radius 2 is 1.95 bits per heavy atom. The van der Waals surface area contributed by atoms with E-state index in [0.29, 0.717) is 18.7 Å². The van der Waals surface area contributed by atoms with Gasteiger partial charge in [0.05, 0.1) is 5.69 Å². The van der Waals surface area contributed by atoms with Crippen molar-refractivity contribution < 1.29 is 19.5 Å². The first-order chi connectivity index (χ1) is 10.5. The maximum absolute atomic E-state index is 12.4. The smallest absolute Gasteiger partial charge is 0.335 e. The lowest BCUT2D eigenvalue weighted by atomic mass is 10.1. The third-order valence-corrected chi connectivity index (χ3v) is 3.19. The maximum atomic E-state index is 12.4. The number of carbonyl (C=O) groups excluding carboxylic acids is 3. The van der Waals surface area contributed by atoms with Crippen LogP contribution < -0.4 is 10.2 Å². The molecule has 1 atom stereocenters. The van der Waals surface area contributed by atoms with E-state index >= 15 is 0 Å². The van der Waals surface area contributed by atoms with Crippen LogP contribution >= 0.6 is 0 Å². The number of hydrogen-bond donors (Lipinski definition) is 2. The van der Waals surface area contributed by atoms with Crippen molar-refractivity contribution in [1.29, 1.82) is 0 Å². The van der Waals surface area contributed by atoms with Crippen LogP contribution in [0, 0.1) is 12.8 Å². The second-order valence-electron chi connectivity index (χ2n) is 4.91. The summed E-state index contributed by atoms with van der Waals surface area (Å²) in [5.74, 6) is -2.46. The standard InChI is InChI=1S/C15H17N3O4/c1-10-3-5-11(6-4-10)18-14(21)12(9-16-7-2-8-19)13(20)17-15(18)22/h3-6,9,12,19H,2,7-8H2,1H3,(H,17,20,22)/t12-/m1/s1. The summed E-state index contributed by atoms with van der Waals surface area (Å²) in [7, 11) is 0. The Morgan fingerprint density at radius 3 is 2.59 bits per heavy atom. The van der Waals surface area contributed by atoms with Gasteiger partial charge in [-0.3, -0.25) is 19.9 Å². The molecule has 0 radical (unpaired) electrons. The topological polar surface area (TPSA) is 99.1 Å². The van der Waals surface area contributed by atoms with Crippen LogP contribution in [0.4, 0.5) is 10.5 Å². The van der Waals surface area contributed by atoms with Crippen LogP contribution in [0.25, 0.3) is 0 Å². The molecule has 0 aromatic heterocycles. The van der Waals surface area contributed by atoms with Gasteiger partial charge in [0.1, 0.15) is 0 Å². The average molecular weight is 303 g/mol. The lowest BCUT2D eigenvalue weighted by Gasteiger charge is -2.28. The Balaban J connectivity index is 2.21. The molecule has 7 heteroatoms. The highest BCUT2D eigenvalue weighted by Gasteiger charge is 2.40. The van der Waals surface area contributed by atoms with Crippen molar-refractivity contribution in [2.45, 2.75) is 13.3 Å². The summed E-state index contributed by atoms with van der Waals surface area (Å²) in [6.45, 7) is 2.18. The lowest BCUT2D eigenvalue weighted by molar-refractivity contribution is -0.131. The van der Waals surface area contributed by atoms with E-state index in [-0.39, 0.29) is 6.61 Å². The van der Waals surface area contributed by atoms with E-state index in [0.717, 1.165) is 10.5 Å². The monoisotopic (exact) mass is 303 g/mol. The first-order valence-electron chi connectivity index (χ1n) is 6.91. The Hall–Kier alpha value is -2.54. The van der Waals surface area contributed by atoms with Crippen LogP contribution in [0.15, 0.2) is 29.3 Å². The van der Waals surface area contributed by atoms with E-state index in [1.54, 1.807) is 24.3 Å². The molecule has 116 valence electrons. The summed E-state index contributed by atoms with van der Waals surface area (Å²) >= 11 is 0. The molecular weight excluding hydrogens is 286 g/mol. The minimum absolute atomic E-state index is 0.0177. The van der Waals surface area contributed by atoms with Crippen LogP contribution in [0.3, 0.4) is 0 Å². The number of rotatable bonds is 5. The number of urea groups is 1. The first-order valence-corrected chi connectivity index (χ1v) is 6.91. The van der Waals surface area contributed by atoms with E-state index < -0.39 is 23.8 Å². The molecule has 2 N–H and O–H groups in total. The van der Waals surface area contributed by atoms with Crippen LogP contribution in [0.1, 0.15) is 12.0 Å². The Bertz CT molecular complexity index is 610. The molecule has 0 unspecified atom stereocenters. The van der Waals surface area contributed by atoms with Crippen molar-refractivity contribution in [1.82, 2.24) is 5.32 Å². The summed E-state index contributed by atoms with van der Waals surface area (Å²) in [4.78, 5) is 41.0. The number of aryl methyl sites for hydroxylation is 1. The number of aliphatic hydroxyl groups is 1. The van der Waals surface area contributed by atoms with E-state index in [2.05, 4.69) is 10.3 Å². The predicted octanol–water partition coefficient (Wildman–Crippen LogP) is 0.647. The second kappa shape index (κ2) is 6.95. The maximum Gasteiger partial charge on any atom is 0.335 e. The highest BCUT2D eigenvalue weighted by molar-refractivity contribution is 6.32. The summed E-state index contributed by atoms with van der Waals surface area (Å²) in [6.07, 6.45) is 1.67. The van der Waals surface area contributed by atoms with Gasteiger partial charge in [0.2, 0.25) is 5.91 Å². The van der Waals surface area contributed by atoms with Gasteiger partial charge in [-0.25, -0.2) is 9.69 Å². The highest BCUT2D eigenvalue weighted by atomic mass is 16.3. The largest absolute Gasteiger partial charge is 0.396 e. The van der Waals surface area contributed by atoms with Crippen LogP contribution in [-0.4, -0.2) is 42.3 Å². The van der Waals surface area contributed by atoms with Gasteiger partial charge in [0.15, 0.2) is 5.92 Å². The minimum Gasteiger partial charge on any atom is -0.396 e. The number of imide groups is 2. The highest BCUT2D eigenvalue weighted by Crippen LogP contribution is 2.20. The fraction of sp³-hybridized carbons (Fsp3) is 0.333. The molecule has 0 spiro atoms. The third kappa shape index (κ3) is 3.37. The fourth-order valence-electron chi connectivity index (χ4n) is 2.00. The zero-order chi connectivity index (χ0) is 16.1. The molecule has 1 saturated heterocycles. The molecule has 1 aromatic carbocycles. The van der Waals surface area contributed by atoms with Crippen molar-refractivity contribution in [3.8, 4) is 0 Å². The summed E-state index contributed by atoms with van der Waals surface area (Å²) < 4.78 is 0. The van der Waals surface area contributed by atoms with E-state index in [4.69, 9.17) is 5.11 Å². The van der Waals surface area contributed by atoms with Crippen molar-refractivity contribution >= 4 is 29.7 Å². The number of amides is 4. The molecular formula is C15H17N3O4. The van der Waals surface area contributed by atoms with Gasteiger partial charge >= 0.3 is 6.03 Å². The number of nitrogens with zero attached hydrogens (tertiary/aromatic N) is 2. The SMILES string of the molecule is Cc1ccc(N2C(=O)NC(=O)[C@@H](C=NCCCO)C2=O)cc1. The number of aliphatic hydroxyl groups excluding tert-OH is 1. The van der Waals surface area contributed by atoms with Gasteiger partial charge < -0.3 is 5.11 Å². The number of hydrogen-bond acceptors (Lipinski definition) is 5. The third-order valence-electron chi connectivity index (χ3n) is 3.19. The normalized spacial score (nSPS) is 18.9. The molecule has 1 aliphatic rings. The molecule has 1 aliphatic heterocycles. The number of anilines is 1. The summed E-state index contributed by atoms with van der Waals surface area (Å²) in [6, 6.07) is 6.07. The van der Waals surface area contributed by atoms with Gasteiger partial charge in [-0.15, -0.1) is 0 Å². The van der Waals surface area contributed by atoms with Gasteiger partial charge in [-0.05, 0) is 25.5 Å². The van der Waals surface area contributed by atoms with Gasteiger partial charge in [0.25, 0.3) is 5.91 Å². The zero-order valence-electron chi connectivity index (χ0n) is 12.2. The van der Waals surface area contributed by atoms with Crippen LogP contribution in [0.2, 0.25) is 0 Å². The molecule has 0 bridgehead atoms. The molecule has 22 heavy (non-hydrogen) atoms. The van der Waals surface area contributed by atoms with E-state index in [9.17, 15) is 14.4 Å². The van der Waals surface area contributed by atoms with Crippen molar-refractivity contribution in [3.05, 3.63) is 29.8 Å². The summed E-state index contributed by atoms with van der Waals surface area (Å²) in [5.41, 5.74) is 1.39. The Labute approximate surface area is 127 Å². The number of aliphatic imine (C=N–C) groups is 1. The van der Waals surface area contributed by atoms with Crippen LogP contribution in [0.5, 0.6) is 0 Å². The van der Waals surface area contributed by atoms with Crippen molar-refractivity contribution in [3.63, 3.8) is 0 Å². The van der Waals surface area contributed by atoms with E-state index in [1.807, 2.05) is 6.92 Å². The van der Waals surface area contributed by atoms with Gasteiger partial charge in [-0.2, -0.15) is 0 Å². The van der Waals surface area contributed by atoms with Crippen LogP contribution in [-0.2, 0) is 9.59 Å². The van der Waals surface area contributed by atoms with Gasteiger partial charge in [0, 0.05) is 19.4 Å². The molecule has 0 aliphatic carbocycles. The summed E-state index contributed by atoms with van der Waals surface area (Å²) in [5, 5.41) is 10.8. The quantitative estimate of drug-likeness (QED) is 0.474. The van der Waals surface area contributed by atoms with Gasteiger partial charge in [-0.1, -0.05) is 17.7 Å². The molecule has 0 saturated carbocycles. The molecule has 1 heterocycles. The molecule has 1 aromatic rings. The Kier molecular flexibility index (Phi) is 5.00. The molecule has 2 rings (SSSR count). The van der Waals surface area contributed by atoms with E-state index in [1.165, 1.54) is 6.21 Å². The number of carbonyl (C=O) groups is 3. The van der Waals surface area contributed by atoms with Crippen molar-refractivity contribution in [2.75, 3.05) is 18.1 Å². The number of nitrogens with one attached hydrogen (secondary N) is 1. The second-order valence-corrected chi connectivity index (χ2v) is 4.91. The first kappa shape index (κ1) is 15.8. The predicted molar refractivity (Wildman–Crippen MR) is 80.8 cm³/mol. The molecule has 7 nitrogen and oxygen atoms in total. The zero-order valence-corrected chi connectivity index (χ0v) is 12.2. The average Bonchev–Trinajstić information content (AvgIpc) is 2.48. The lowest BCUT2D eigenvalue weighted by Crippen LogP contribution is -2.58. The fourth-order valence-corrected chi connectivity index (χ4v) is 2.00. The molecule has 1 fully saturated rings.